The Balaban J connectivity index is 1.56. The van der Waals surface area contributed by atoms with Crippen LogP contribution in [-0.2, 0) is 20.7 Å². The monoisotopic (exact) mass is 372 g/mol. The molecule has 1 aromatic carbocycles. The van der Waals surface area contributed by atoms with Crippen LogP contribution in [0.15, 0.2) is 41.8 Å². The average Bonchev–Trinajstić information content (AvgIpc) is 3.26. The molecule has 6 nitrogen and oxygen atoms in total. The highest BCUT2D eigenvalue weighted by atomic mass is 32.1. The van der Waals surface area contributed by atoms with Crippen LogP contribution in [0.3, 0.4) is 0 Å². The molecule has 0 unspecified atom stereocenters. The Morgan fingerprint density at radius 2 is 2.04 bits per heavy atom. The third-order valence-electron chi connectivity index (χ3n) is 4.24. The first-order valence-electron chi connectivity index (χ1n) is 8.39. The molecule has 3 rings (SSSR count). The van der Waals surface area contributed by atoms with E-state index in [-0.39, 0.29) is 24.4 Å². The number of thiophene rings is 1. The second kappa shape index (κ2) is 7.70. The largest absolute Gasteiger partial charge is 0.451 e. The fourth-order valence-corrected chi connectivity index (χ4v) is 3.67. The van der Waals surface area contributed by atoms with Crippen molar-refractivity contribution in [2.24, 2.45) is 0 Å². The summed E-state index contributed by atoms with van der Waals surface area (Å²) in [7, 11) is 0. The van der Waals surface area contributed by atoms with Crippen molar-refractivity contribution in [2.75, 3.05) is 11.4 Å². The summed E-state index contributed by atoms with van der Waals surface area (Å²) in [5.41, 5.74) is 1.97. The number of nitrogens with zero attached hydrogens (tertiary/aromatic N) is 1. The Bertz CT molecular complexity index is 819. The maximum absolute atomic E-state index is 12.7. The molecule has 0 spiro atoms. The molecule has 0 fully saturated rings. The van der Waals surface area contributed by atoms with Crippen molar-refractivity contribution in [3.05, 3.63) is 52.2 Å². The van der Waals surface area contributed by atoms with Gasteiger partial charge in [-0.15, -0.1) is 11.3 Å². The summed E-state index contributed by atoms with van der Waals surface area (Å²) >= 11 is 1.29. The van der Waals surface area contributed by atoms with E-state index in [1.54, 1.807) is 29.3 Å². The van der Waals surface area contributed by atoms with E-state index in [1.165, 1.54) is 11.3 Å². The fourth-order valence-electron chi connectivity index (χ4n) is 3.03. The molecule has 136 valence electrons. The topological polar surface area (TPSA) is 75.7 Å². The van der Waals surface area contributed by atoms with Crippen molar-refractivity contribution >= 4 is 34.8 Å². The van der Waals surface area contributed by atoms with Gasteiger partial charge in [0.25, 0.3) is 11.8 Å². The van der Waals surface area contributed by atoms with Gasteiger partial charge in [0, 0.05) is 11.7 Å². The van der Waals surface area contributed by atoms with Gasteiger partial charge in [-0.3, -0.25) is 14.4 Å². The van der Waals surface area contributed by atoms with Crippen LogP contribution >= 0.6 is 11.3 Å². The Kier molecular flexibility index (Phi) is 5.37. The van der Waals surface area contributed by atoms with Crippen LogP contribution in [-0.4, -0.2) is 36.5 Å². The number of para-hydroxylation sites is 1. The van der Waals surface area contributed by atoms with E-state index in [2.05, 4.69) is 5.32 Å². The van der Waals surface area contributed by atoms with Crippen LogP contribution in [0.25, 0.3) is 0 Å². The summed E-state index contributed by atoms with van der Waals surface area (Å²) in [5.74, 6) is -1.24. The number of esters is 1. The van der Waals surface area contributed by atoms with Gasteiger partial charge in [0.15, 0.2) is 6.10 Å². The van der Waals surface area contributed by atoms with Crippen LogP contribution in [0.1, 0.15) is 29.1 Å². The molecule has 0 radical (unpaired) electrons. The molecule has 2 aromatic rings. The highest BCUT2D eigenvalue weighted by Crippen LogP contribution is 2.32. The lowest BCUT2D eigenvalue weighted by molar-refractivity contribution is -0.152. The van der Waals surface area contributed by atoms with Crippen LogP contribution in [0.2, 0.25) is 0 Å². The lowest BCUT2D eigenvalue weighted by Gasteiger charge is -2.25. The van der Waals surface area contributed by atoms with Gasteiger partial charge in [-0.2, -0.15) is 0 Å². The smallest absolute Gasteiger partial charge is 0.326 e. The predicted octanol–water partition coefficient (Wildman–Crippen LogP) is 2.39. The number of hydrogen-bond donors (Lipinski definition) is 1. The van der Waals surface area contributed by atoms with Crippen LogP contribution in [0.5, 0.6) is 0 Å². The minimum atomic E-state index is -0.922. The van der Waals surface area contributed by atoms with Gasteiger partial charge in [0.05, 0.1) is 4.88 Å². The Morgan fingerprint density at radius 1 is 1.27 bits per heavy atom. The second-order valence-electron chi connectivity index (χ2n) is 6.18. The van der Waals surface area contributed by atoms with Gasteiger partial charge in [-0.1, -0.05) is 24.3 Å². The van der Waals surface area contributed by atoms with E-state index >= 15 is 0 Å². The maximum Gasteiger partial charge on any atom is 0.326 e. The average molecular weight is 372 g/mol. The zero-order valence-corrected chi connectivity index (χ0v) is 15.4. The van der Waals surface area contributed by atoms with E-state index in [9.17, 15) is 14.4 Å². The van der Waals surface area contributed by atoms with Crippen molar-refractivity contribution in [1.29, 1.82) is 0 Å². The molecule has 0 bridgehead atoms. The normalized spacial score (nSPS) is 16.7. The number of rotatable bonds is 5. The van der Waals surface area contributed by atoms with E-state index in [0.717, 1.165) is 17.7 Å². The molecule has 1 aliphatic heterocycles. The van der Waals surface area contributed by atoms with Crippen molar-refractivity contribution in [2.45, 2.75) is 32.4 Å². The molecule has 2 amide bonds. The van der Waals surface area contributed by atoms with Crippen LogP contribution < -0.4 is 10.2 Å². The summed E-state index contributed by atoms with van der Waals surface area (Å²) in [6.45, 7) is 3.24. The number of amides is 2. The molecule has 0 aliphatic carbocycles. The molecule has 0 saturated carbocycles. The fraction of sp³-hybridized carbons (Fsp3) is 0.316. The van der Waals surface area contributed by atoms with E-state index in [4.69, 9.17) is 4.74 Å². The van der Waals surface area contributed by atoms with Crippen molar-refractivity contribution < 1.29 is 19.1 Å². The number of hydrogen-bond acceptors (Lipinski definition) is 5. The van der Waals surface area contributed by atoms with Gasteiger partial charge in [0.1, 0.15) is 6.54 Å². The lowest BCUT2D eigenvalue weighted by Crippen LogP contribution is -2.44. The number of benzene rings is 1. The standard InChI is InChI=1S/C19H20N2O4S/c1-12-10-14-6-3-4-7-15(14)21(12)19(24)13(2)25-17(22)11-20-18(23)16-8-5-9-26-16/h3-9,12-13H,10-11H2,1-2H3,(H,20,23)/t12-,13-/m1/s1. The van der Waals surface area contributed by atoms with E-state index in [1.807, 2.05) is 31.2 Å². The number of anilines is 1. The summed E-state index contributed by atoms with van der Waals surface area (Å²) in [6, 6.07) is 11.2. The zero-order valence-electron chi connectivity index (χ0n) is 14.6. The summed E-state index contributed by atoms with van der Waals surface area (Å²) in [4.78, 5) is 38.7. The first kappa shape index (κ1) is 18.1. The molecule has 0 saturated heterocycles. The molecular weight excluding hydrogens is 352 g/mol. The Hall–Kier alpha value is -2.67. The number of fused-ring (bicyclic) bond motifs is 1. The summed E-state index contributed by atoms with van der Waals surface area (Å²) < 4.78 is 5.21. The minimum absolute atomic E-state index is 0.0135. The molecule has 2 heterocycles. The molecule has 1 N–H and O–H groups in total. The van der Waals surface area contributed by atoms with Crippen LogP contribution in [0, 0.1) is 0 Å². The molecular formula is C19H20N2O4S. The number of carbonyl (C=O) groups is 3. The van der Waals surface area contributed by atoms with Gasteiger partial charge in [-0.25, -0.2) is 0 Å². The number of nitrogens with one attached hydrogen (secondary N) is 1. The molecule has 7 heteroatoms. The van der Waals surface area contributed by atoms with Gasteiger partial charge >= 0.3 is 5.97 Å². The quantitative estimate of drug-likeness (QED) is 0.818. The van der Waals surface area contributed by atoms with E-state index < -0.39 is 12.1 Å². The Labute approximate surface area is 155 Å². The van der Waals surface area contributed by atoms with Crippen LogP contribution in [0.4, 0.5) is 5.69 Å². The first-order valence-corrected chi connectivity index (χ1v) is 9.27. The maximum atomic E-state index is 12.7. The summed E-state index contributed by atoms with van der Waals surface area (Å²) in [5, 5.41) is 4.28. The molecule has 1 aromatic heterocycles. The van der Waals surface area contributed by atoms with Gasteiger partial charge in [0.2, 0.25) is 0 Å². The highest BCUT2D eigenvalue weighted by molar-refractivity contribution is 7.12. The second-order valence-corrected chi connectivity index (χ2v) is 7.13. The van der Waals surface area contributed by atoms with Crippen molar-refractivity contribution in [3.8, 4) is 0 Å². The lowest BCUT2D eigenvalue weighted by atomic mass is 10.1. The molecule has 1 aliphatic rings. The first-order chi connectivity index (χ1) is 12.5. The summed E-state index contributed by atoms with van der Waals surface area (Å²) in [6.07, 6.45) is -0.144. The highest BCUT2D eigenvalue weighted by Gasteiger charge is 2.34. The third kappa shape index (κ3) is 3.77. The predicted molar refractivity (Wildman–Crippen MR) is 99.3 cm³/mol. The molecule has 2 atom stereocenters. The van der Waals surface area contributed by atoms with Crippen molar-refractivity contribution in [1.82, 2.24) is 5.32 Å². The number of carbonyl (C=O) groups excluding carboxylic acids is 3. The SMILES string of the molecule is C[C@@H]1Cc2ccccc2N1C(=O)[C@@H](C)OC(=O)CNC(=O)c1cccs1. The number of ether oxygens (including phenoxy) is 1. The van der Waals surface area contributed by atoms with Crippen molar-refractivity contribution in [3.63, 3.8) is 0 Å². The zero-order chi connectivity index (χ0) is 18.7. The van der Waals surface area contributed by atoms with E-state index in [0.29, 0.717) is 4.88 Å². The van der Waals surface area contributed by atoms with Gasteiger partial charge < -0.3 is 15.0 Å². The Morgan fingerprint density at radius 3 is 2.77 bits per heavy atom. The third-order valence-corrected chi connectivity index (χ3v) is 5.11. The van der Waals surface area contributed by atoms with Gasteiger partial charge in [-0.05, 0) is 43.3 Å². The molecule has 26 heavy (non-hydrogen) atoms. The minimum Gasteiger partial charge on any atom is -0.451 e.